The topological polar surface area (TPSA) is 58.1 Å². The lowest BCUT2D eigenvalue weighted by molar-refractivity contribution is -0.120. The van der Waals surface area contributed by atoms with Gasteiger partial charge in [0.05, 0.1) is 0 Å². The van der Waals surface area contributed by atoms with E-state index < -0.39 is 0 Å². The molecule has 5 nitrogen and oxygen atoms in total. The quantitative estimate of drug-likeness (QED) is 0.678. The van der Waals surface area contributed by atoms with E-state index in [9.17, 15) is 13.6 Å². The molecule has 1 aliphatic heterocycles. The molecule has 1 aromatic heterocycles. The van der Waals surface area contributed by atoms with Crippen LogP contribution in [0.1, 0.15) is 24.2 Å². The molecule has 0 atom stereocenters. The number of hydrogen-bond donors (Lipinski definition) is 1. The zero-order valence-corrected chi connectivity index (χ0v) is 16.5. The summed E-state index contributed by atoms with van der Waals surface area (Å²) in [6.45, 7) is 1.46. The zero-order chi connectivity index (χ0) is 20.2. The first kappa shape index (κ1) is 19.4. The Morgan fingerprint density at radius 2 is 1.66 bits per heavy atom. The van der Waals surface area contributed by atoms with Gasteiger partial charge in [0.1, 0.15) is 17.5 Å². The Balaban J connectivity index is 1.30. The molecule has 0 radical (unpaired) electrons. The van der Waals surface area contributed by atoms with Crippen LogP contribution in [0, 0.1) is 17.6 Å². The van der Waals surface area contributed by atoms with Crippen LogP contribution in [0.25, 0.3) is 0 Å². The Morgan fingerprint density at radius 1 is 1.03 bits per heavy atom. The lowest BCUT2D eigenvalue weighted by atomic mass is 9.96. The van der Waals surface area contributed by atoms with E-state index in [1.165, 1.54) is 35.8 Å². The number of benzene rings is 2. The highest BCUT2D eigenvalue weighted by Crippen LogP contribution is 2.26. The van der Waals surface area contributed by atoms with Crippen molar-refractivity contribution >= 4 is 28.3 Å². The largest absolute Gasteiger partial charge is 0.347 e. The van der Waals surface area contributed by atoms with E-state index in [4.69, 9.17) is 0 Å². The van der Waals surface area contributed by atoms with Crippen molar-refractivity contribution in [3.63, 3.8) is 0 Å². The summed E-state index contributed by atoms with van der Waals surface area (Å²) in [6, 6.07) is 12.1. The number of piperidine rings is 1. The third-order valence-corrected chi connectivity index (χ3v) is 5.80. The zero-order valence-electron chi connectivity index (χ0n) is 15.6. The molecule has 1 amide bonds. The predicted octanol–water partition coefficient (Wildman–Crippen LogP) is 4.26. The van der Waals surface area contributed by atoms with Crippen molar-refractivity contribution in [3.8, 4) is 0 Å². The van der Waals surface area contributed by atoms with Crippen LogP contribution in [0.3, 0.4) is 0 Å². The van der Waals surface area contributed by atoms with Crippen LogP contribution < -0.4 is 10.2 Å². The van der Waals surface area contributed by atoms with Gasteiger partial charge in [-0.2, -0.15) is 4.37 Å². The van der Waals surface area contributed by atoms with Gasteiger partial charge in [-0.1, -0.05) is 12.1 Å². The van der Waals surface area contributed by atoms with E-state index in [2.05, 4.69) is 19.6 Å². The van der Waals surface area contributed by atoms with E-state index >= 15 is 0 Å². The fourth-order valence-electron chi connectivity index (χ4n) is 3.34. The monoisotopic (exact) mass is 414 g/mol. The Bertz CT molecular complexity index is 967. The number of nitrogens with one attached hydrogen (secondary N) is 1. The average molecular weight is 414 g/mol. The number of anilines is 2. The fourth-order valence-corrected chi connectivity index (χ4v) is 4.08. The number of rotatable bonds is 5. The smallest absolute Gasteiger partial charge is 0.227 e. The first-order valence-corrected chi connectivity index (χ1v) is 10.2. The molecule has 1 aliphatic rings. The molecule has 150 valence electrons. The molecule has 4 rings (SSSR count). The van der Waals surface area contributed by atoms with Crippen LogP contribution in [-0.4, -0.2) is 28.4 Å². The molecule has 0 spiro atoms. The van der Waals surface area contributed by atoms with Gasteiger partial charge in [-0.15, -0.1) is 0 Å². The maximum Gasteiger partial charge on any atom is 0.227 e. The molecule has 0 bridgehead atoms. The minimum atomic E-state index is -0.327. The standard InChI is InChI=1S/C21H20F2N4OS/c22-16-3-1-14(2-4-16)13-19-25-21(29-26-19)27-11-9-15(10-12-27)20(28)24-18-7-5-17(23)6-8-18/h1-8,15H,9-13H2,(H,24,28). The summed E-state index contributed by atoms with van der Waals surface area (Å²) in [7, 11) is 0. The predicted molar refractivity (Wildman–Crippen MR) is 109 cm³/mol. The summed E-state index contributed by atoms with van der Waals surface area (Å²) >= 11 is 1.35. The van der Waals surface area contributed by atoms with Crippen molar-refractivity contribution in [2.45, 2.75) is 19.3 Å². The molecule has 1 saturated heterocycles. The minimum Gasteiger partial charge on any atom is -0.347 e. The van der Waals surface area contributed by atoms with Gasteiger partial charge in [0.2, 0.25) is 11.0 Å². The van der Waals surface area contributed by atoms with E-state index in [0.29, 0.717) is 17.9 Å². The van der Waals surface area contributed by atoms with Crippen LogP contribution in [0.5, 0.6) is 0 Å². The summed E-state index contributed by atoms with van der Waals surface area (Å²) < 4.78 is 30.4. The number of nitrogens with zero attached hydrogens (tertiary/aromatic N) is 3. The second-order valence-corrected chi connectivity index (χ2v) is 7.78. The molecule has 3 aromatic rings. The number of carbonyl (C=O) groups excluding carboxylic acids is 1. The molecule has 1 fully saturated rings. The first-order chi connectivity index (χ1) is 14.1. The van der Waals surface area contributed by atoms with Crippen LogP contribution in [0.4, 0.5) is 19.6 Å². The van der Waals surface area contributed by atoms with Crippen molar-refractivity contribution < 1.29 is 13.6 Å². The van der Waals surface area contributed by atoms with Gasteiger partial charge in [0.15, 0.2) is 0 Å². The van der Waals surface area contributed by atoms with Gasteiger partial charge in [0.25, 0.3) is 0 Å². The highest BCUT2D eigenvalue weighted by molar-refractivity contribution is 7.09. The molecule has 0 unspecified atom stereocenters. The molecule has 0 aliphatic carbocycles. The molecule has 29 heavy (non-hydrogen) atoms. The molecule has 0 saturated carbocycles. The lowest BCUT2D eigenvalue weighted by Crippen LogP contribution is -2.38. The molecule has 2 heterocycles. The molecule has 1 N–H and O–H groups in total. The number of hydrogen-bond acceptors (Lipinski definition) is 5. The van der Waals surface area contributed by atoms with E-state index in [0.717, 1.165) is 36.6 Å². The van der Waals surface area contributed by atoms with Crippen LogP contribution in [0.15, 0.2) is 48.5 Å². The van der Waals surface area contributed by atoms with Gasteiger partial charge < -0.3 is 10.2 Å². The third kappa shape index (κ3) is 4.95. The number of carbonyl (C=O) groups is 1. The van der Waals surface area contributed by atoms with Crippen LogP contribution in [0.2, 0.25) is 0 Å². The van der Waals surface area contributed by atoms with E-state index in [1.54, 1.807) is 24.3 Å². The molecule has 8 heteroatoms. The van der Waals surface area contributed by atoms with Gasteiger partial charge >= 0.3 is 0 Å². The highest BCUT2D eigenvalue weighted by atomic mass is 32.1. The van der Waals surface area contributed by atoms with Crippen LogP contribution >= 0.6 is 11.5 Å². The van der Waals surface area contributed by atoms with Crippen molar-refractivity contribution in [1.82, 2.24) is 9.36 Å². The maximum atomic E-state index is 13.0. The summed E-state index contributed by atoms with van der Waals surface area (Å²) in [5.74, 6) is 0.0142. The fraction of sp³-hybridized carbons (Fsp3) is 0.286. The van der Waals surface area contributed by atoms with Gasteiger partial charge in [-0.25, -0.2) is 13.8 Å². The highest BCUT2D eigenvalue weighted by Gasteiger charge is 2.26. The number of halogens is 2. The average Bonchev–Trinajstić information content (AvgIpc) is 3.20. The van der Waals surface area contributed by atoms with Crippen molar-refractivity contribution in [1.29, 1.82) is 0 Å². The first-order valence-electron chi connectivity index (χ1n) is 9.45. The number of aromatic nitrogens is 2. The summed E-state index contributed by atoms with van der Waals surface area (Å²) in [6.07, 6.45) is 2.01. The van der Waals surface area contributed by atoms with Gasteiger partial charge in [0, 0.05) is 42.6 Å². The van der Waals surface area contributed by atoms with E-state index in [1.807, 2.05) is 0 Å². The van der Waals surface area contributed by atoms with Gasteiger partial charge in [-0.05, 0) is 54.8 Å². The summed E-state index contributed by atoms with van der Waals surface area (Å²) in [5.41, 5.74) is 1.57. The number of amides is 1. The summed E-state index contributed by atoms with van der Waals surface area (Å²) in [4.78, 5) is 19.2. The van der Waals surface area contributed by atoms with E-state index in [-0.39, 0.29) is 23.5 Å². The Kier molecular flexibility index (Phi) is 5.80. The third-order valence-electron chi connectivity index (χ3n) is 4.98. The Labute approximate surface area is 171 Å². The normalized spacial score (nSPS) is 14.8. The van der Waals surface area contributed by atoms with Crippen molar-refractivity contribution in [2.24, 2.45) is 5.92 Å². The van der Waals surface area contributed by atoms with Crippen molar-refractivity contribution in [2.75, 3.05) is 23.3 Å². The Hall–Kier alpha value is -2.87. The SMILES string of the molecule is O=C(Nc1ccc(F)cc1)C1CCN(c2nc(Cc3ccc(F)cc3)ns2)CC1. The molecule has 2 aromatic carbocycles. The van der Waals surface area contributed by atoms with Crippen LogP contribution in [-0.2, 0) is 11.2 Å². The maximum absolute atomic E-state index is 13.0. The van der Waals surface area contributed by atoms with Crippen molar-refractivity contribution in [3.05, 3.63) is 71.6 Å². The Morgan fingerprint density at radius 3 is 2.31 bits per heavy atom. The summed E-state index contributed by atoms with van der Waals surface area (Å²) in [5, 5.41) is 3.70. The molecular weight excluding hydrogens is 394 g/mol. The minimum absolute atomic E-state index is 0.0366. The second-order valence-electron chi connectivity index (χ2n) is 7.05. The molecular formula is C21H20F2N4OS. The lowest BCUT2D eigenvalue weighted by Gasteiger charge is -2.30. The second kappa shape index (κ2) is 8.65. The van der Waals surface area contributed by atoms with Gasteiger partial charge in [-0.3, -0.25) is 4.79 Å².